The van der Waals surface area contributed by atoms with E-state index in [1.54, 1.807) is 37.8 Å². The molecule has 0 aliphatic carbocycles. The van der Waals surface area contributed by atoms with Crippen LogP contribution in [0.15, 0.2) is 28.7 Å². The molecule has 29 heavy (non-hydrogen) atoms. The Morgan fingerprint density at radius 1 is 1.24 bits per heavy atom. The normalized spacial score (nSPS) is 15.6. The summed E-state index contributed by atoms with van der Waals surface area (Å²) in [6.45, 7) is 3.96. The molecule has 1 saturated heterocycles. The van der Waals surface area contributed by atoms with Crippen molar-refractivity contribution < 1.29 is 27.8 Å². The Hall–Kier alpha value is -2.68. The molecule has 1 aromatic carbocycles. The summed E-state index contributed by atoms with van der Waals surface area (Å²) in [4.78, 5) is 20.8. The minimum absolute atomic E-state index is 0.109. The van der Waals surface area contributed by atoms with Crippen LogP contribution >= 0.6 is 0 Å². The van der Waals surface area contributed by atoms with E-state index < -0.39 is 12.2 Å². The summed E-state index contributed by atoms with van der Waals surface area (Å²) in [5.74, 6) is 0.0540. The van der Waals surface area contributed by atoms with E-state index in [4.69, 9.17) is 4.42 Å². The topological polar surface area (TPSA) is 79.0 Å². The lowest BCUT2D eigenvalue weighted by Gasteiger charge is -2.22. The zero-order valence-corrected chi connectivity index (χ0v) is 16.7. The fourth-order valence-corrected chi connectivity index (χ4v) is 3.41. The van der Waals surface area contributed by atoms with E-state index >= 15 is 0 Å². The first-order valence-electron chi connectivity index (χ1n) is 9.45. The quantitative estimate of drug-likeness (QED) is 0.817. The van der Waals surface area contributed by atoms with Gasteiger partial charge in [-0.15, -0.1) is 0 Å². The summed E-state index contributed by atoms with van der Waals surface area (Å²) in [5, 5.41) is 10.2. The molecule has 9 heteroatoms. The van der Waals surface area contributed by atoms with E-state index in [1.807, 2.05) is 4.90 Å². The third-order valence-corrected chi connectivity index (χ3v) is 4.75. The molecule has 7 nitrogen and oxygen atoms in total. The van der Waals surface area contributed by atoms with E-state index in [9.17, 15) is 18.7 Å². The van der Waals surface area contributed by atoms with Crippen molar-refractivity contribution in [3.8, 4) is 5.75 Å². The predicted molar refractivity (Wildman–Crippen MR) is 102 cm³/mol. The third-order valence-electron chi connectivity index (χ3n) is 4.75. The molecule has 158 valence electrons. The van der Waals surface area contributed by atoms with E-state index in [0.717, 1.165) is 0 Å². The maximum absolute atomic E-state index is 12.9. The summed E-state index contributed by atoms with van der Waals surface area (Å²) >= 11 is 0. The van der Waals surface area contributed by atoms with Gasteiger partial charge in [-0.3, -0.25) is 4.79 Å². The van der Waals surface area contributed by atoms with Crippen LogP contribution in [0, 0.1) is 6.92 Å². The molecule has 1 aromatic heterocycles. The first kappa shape index (κ1) is 21.0. The van der Waals surface area contributed by atoms with Crippen LogP contribution in [0.2, 0.25) is 0 Å². The molecule has 1 aliphatic rings. The van der Waals surface area contributed by atoms with Crippen LogP contribution in [-0.4, -0.2) is 53.7 Å². The van der Waals surface area contributed by atoms with Crippen molar-refractivity contribution in [1.82, 2.24) is 9.88 Å². The standard InChI is InChI=1S/C20H25F2N3O4/c1-13-16(20(2,3)27)23-19(28-13)25-10-6-9-24(11-12-25)17(26)14-7-4-5-8-15(14)29-18(21)22/h4-5,7-8,18,27H,6,9-12H2,1-3H3. The highest BCUT2D eigenvalue weighted by Gasteiger charge is 2.29. The van der Waals surface area contributed by atoms with Gasteiger partial charge >= 0.3 is 6.61 Å². The minimum atomic E-state index is -3.00. The molecule has 3 rings (SSSR count). The first-order chi connectivity index (χ1) is 13.7. The Balaban J connectivity index is 1.73. The maximum atomic E-state index is 12.9. The highest BCUT2D eigenvalue weighted by atomic mass is 19.3. The van der Waals surface area contributed by atoms with Crippen LogP contribution < -0.4 is 9.64 Å². The number of rotatable bonds is 5. The van der Waals surface area contributed by atoms with Crippen LogP contribution in [0.1, 0.15) is 42.1 Å². The molecule has 1 aliphatic heterocycles. The zero-order chi connectivity index (χ0) is 21.2. The number of halogens is 2. The SMILES string of the molecule is Cc1oc(N2CCCN(C(=O)c3ccccc3OC(F)F)CC2)nc1C(C)(C)O. The van der Waals surface area contributed by atoms with Gasteiger partial charge in [0, 0.05) is 26.2 Å². The number of hydrogen-bond acceptors (Lipinski definition) is 6. The van der Waals surface area contributed by atoms with Crippen molar-refractivity contribution in [2.24, 2.45) is 0 Å². The van der Waals surface area contributed by atoms with Crippen molar-refractivity contribution >= 4 is 11.9 Å². The van der Waals surface area contributed by atoms with Gasteiger partial charge in [-0.05, 0) is 39.3 Å². The van der Waals surface area contributed by atoms with Gasteiger partial charge in [-0.25, -0.2) is 0 Å². The minimum Gasteiger partial charge on any atom is -0.434 e. The van der Waals surface area contributed by atoms with Crippen LogP contribution in [-0.2, 0) is 5.60 Å². The van der Waals surface area contributed by atoms with E-state index in [1.165, 1.54) is 12.1 Å². The van der Waals surface area contributed by atoms with Crippen LogP contribution in [0.3, 0.4) is 0 Å². The third kappa shape index (κ3) is 4.84. The van der Waals surface area contributed by atoms with E-state index in [2.05, 4.69) is 9.72 Å². The van der Waals surface area contributed by atoms with Gasteiger partial charge in [0.15, 0.2) is 0 Å². The number of aliphatic hydroxyl groups is 1. The number of alkyl halides is 2. The van der Waals surface area contributed by atoms with Gasteiger partial charge in [0.1, 0.15) is 22.8 Å². The van der Waals surface area contributed by atoms with Gasteiger partial charge in [0.2, 0.25) is 0 Å². The molecule has 0 spiro atoms. The fraction of sp³-hybridized carbons (Fsp3) is 0.500. The molecule has 2 heterocycles. The number of anilines is 1. The number of oxazole rings is 1. The van der Waals surface area contributed by atoms with Crippen LogP contribution in [0.5, 0.6) is 5.75 Å². The number of benzene rings is 1. The van der Waals surface area contributed by atoms with Crippen LogP contribution in [0.4, 0.5) is 14.8 Å². The molecule has 0 unspecified atom stereocenters. The van der Waals surface area contributed by atoms with Gasteiger partial charge < -0.3 is 24.1 Å². The van der Waals surface area contributed by atoms with Gasteiger partial charge in [-0.2, -0.15) is 13.8 Å². The number of hydrogen-bond donors (Lipinski definition) is 1. The van der Waals surface area contributed by atoms with Crippen molar-refractivity contribution in [2.75, 3.05) is 31.1 Å². The molecule has 2 aromatic rings. The molecular formula is C20H25F2N3O4. The summed E-state index contributed by atoms with van der Waals surface area (Å²) < 4.78 is 35.5. The lowest BCUT2D eigenvalue weighted by molar-refractivity contribution is -0.0502. The second kappa shape index (κ2) is 8.36. The van der Waals surface area contributed by atoms with E-state index in [0.29, 0.717) is 50.1 Å². The number of para-hydroxylation sites is 1. The summed E-state index contributed by atoms with van der Waals surface area (Å²) in [6, 6.07) is 6.40. The first-order valence-corrected chi connectivity index (χ1v) is 9.45. The lowest BCUT2D eigenvalue weighted by Crippen LogP contribution is -2.35. The number of ether oxygens (including phenoxy) is 1. The second-order valence-electron chi connectivity index (χ2n) is 7.47. The fourth-order valence-electron chi connectivity index (χ4n) is 3.41. The highest BCUT2D eigenvalue weighted by molar-refractivity contribution is 5.97. The van der Waals surface area contributed by atoms with Crippen LogP contribution in [0.25, 0.3) is 0 Å². The number of amides is 1. The number of carbonyl (C=O) groups is 1. The predicted octanol–water partition coefficient (Wildman–Crippen LogP) is 3.16. The molecule has 0 bridgehead atoms. The smallest absolute Gasteiger partial charge is 0.387 e. The average molecular weight is 409 g/mol. The number of aromatic nitrogens is 1. The molecule has 0 saturated carbocycles. The molecule has 0 radical (unpaired) electrons. The molecule has 1 amide bonds. The van der Waals surface area contributed by atoms with Gasteiger partial charge in [-0.1, -0.05) is 12.1 Å². The molecule has 1 fully saturated rings. The summed E-state index contributed by atoms with van der Waals surface area (Å²) in [5.41, 5.74) is -0.533. The maximum Gasteiger partial charge on any atom is 0.387 e. The Morgan fingerprint density at radius 2 is 1.97 bits per heavy atom. The summed E-state index contributed by atoms with van der Waals surface area (Å²) in [7, 11) is 0. The molecule has 0 atom stereocenters. The Kier molecular flexibility index (Phi) is 6.07. The lowest BCUT2D eigenvalue weighted by atomic mass is 10.0. The number of nitrogens with zero attached hydrogens (tertiary/aromatic N) is 3. The van der Waals surface area contributed by atoms with E-state index in [-0.39, 0.29) is 17.2 Å². The highest BCUT2D eigenvalue weighted by Crippen LogP contribution is 2.28. The Labute approximate surface area is 167 Å². The largest absolute Gasteiger partial charge is 0.434 e. The number of carbonyl (C=O) groups excluding carboxylic acids is 1. The second-order valence-corrected chi connectivity index (χ2v) is 7.47. The van der Waals surface area contributed by atoms with Crippen molar-refractivity contribution in [2.45, 2.75) is 39.4 Å². The van der Waals surface area contributed by atoms with Gasteiger partial charge in [0.05, 0.1) is 5.56 Å². The zero-order valence-electron chi connectivity index (χ0n) is 16.7. The monoisotopic (exact) mass is 409 g/mol. The summed E-state index contributed by atoms with van der Waals surface area (Å²) in [6.07, 6.45) is 0.656. The molecule has 1 N–H and O–H groups in total. The van der Waals surface area contributed by atoms with Crippen molar-refractivity contribution in [3.63, 3.8) is 0 Å². The Morgan fingerprint density at radius 3 is 2.62 bits per heavy atom. The van der Waals surface area contributed by atoms with Crippen molar-refractivity contribution in [3.05, 3.63) is 41.3 Å². The number of aryl methyl sites for hydroxylation is 1. The van der Waals surface area contributed by atoms with Crippen molar-refractivity contribution in [1.29, 1.82) is 0 Å². The molecular weight excluding hydrogens is 384 g/mol. The van der Waals surface area contributed by atoms with Gasteiger partial charge in [0.25, 0.3) is 11.9 Å². The average Bonchev–Trinajstić information content (AvgIpc) is 2.88. The Bertz CT molecular complexity index is 864.